The number of benzene rings is 2. The van der Waals surface area contributed by atoms with Crippen LogP contribution < -0.4 is 0 Å². The van der Waals surface area contributed by atoms with Crippen molar-refractivity contribution in [2.24, 2.45) is 0 Å². The van der Waals surface area contributed by atoms with Crippen LogP contribution in [-0.2, 0) is 11.8 Å². The second kappa shape index (κ2) is 5.58. The molecule has 2 rings (SSSR count). The zero-order chi connectivity index (χ0) is 13.9. The molecule has 0 spiro atoms. The minimum Gasteiger partial charge on any atom is -0.396 e. The third kappa shape index (κ3) is 3.45. The summed E-state index contributed by atoms with van der Waals surface area (Å²) in [5.74, 6) is 0. The Morgan fingerprint density at radius 2 is 1.26 bits per heavy atom. The van der Waals surface area contributed by atoms with Gasteiger partial charge in [0.25, 0.3) is 0 Å². The minimum atomic E-state index is 0.198. The van der Waals surface area contributed by atoms with Crippen molar-refractivity contribution in [2.45, 2.75) is 32.6 Å². The van der Waals surface area contributed by atoms with Gasteiger partial charge >= 0.3 is 0 Å². The summed E-state index contributed by atoms with van der Waals surface area (Å²) in [6.07, 6.45) is 0.725. The van der Waals surface area contributed by atoms with Crippen LogP contribution in [0.4, 0.5) is 0 Å². The molecule has 0 bridgehead atoms. The van der Waals surface area contributed by atoms with E-state index in [1.807, 2.05) is 0 Å². The van der Waals surface area contributed by atoms with Gasteiger partial charge in [0.15, 0.2) is 0 Å². The van der Waals surface area contributed by atoms with Crippen molar-refractivity contribution in [3.05, 3.63) is 59.7 Å². The Balaban J connectivity index is 2.22. The molecule has 1 heteroatoms. The van der Waals surface area contributed by atoms with Gasteiger partial charge in [-0.15, -0.1) is 0 Å². The van der Waals surface area contributed by atoms with E-state index >= 15 is 0 Å². The van der Waals surface area contributed by atoms with Crippen molar-refractivity contribution in [1.29, 1.82) is 0 Å². The zero-order valence-corrected chi connectivity index (χ0v) is 12.0. The van der Waals surface area contributed by atoms with Gasteiger partial charge in [-0.1, -0.05) is 69.3 Å². The highest BCUT2D eigenvalue weighted by Gasteiger charge is 2.12. The van der Waals surface area contributed by atoms with Crippen LogP contribution in [0, 0.1) is 0 Å². The summed E-state index contributed by atoms with van der Waals surface area (Å²) in [4.78, 5) is 0. The van der Waals surface area contributed by atoms with Crippen LogP contribution in [0.25, 0.3) is 11.1 Å². The molecule has 100 valence electrons. The van der Waals surface area contributed by atoms with Crippen molar-refractivity contribution in [3.63, 3.8) is 0 Å². The predicted molar refractivity (Wildman–Crippen MR) is 81.4 cm³/mol. The second-order valence-corrected chi connectivity index (χ2v) is 6.00. The van der Waals surface area contributed by atoms with Gasteiger partial charge in [-0.25, -0.2) is 0 Å². The fourth-order valence-electron chi connectivity index (χ4n) is 2.16. The highest BCUT2D eigenvalue weighted by atomic mass is 16.2. The van der Waals surface area contributed by atoms with E-state index in [4.69, 9.17) is 5.11 Å². The fraction of sp³-hybridized carbons (Fsp3) is 0.333. The Morgan fingerprint density at radius 3 is 1.68 bits per heavy atom. The zero-order valence-electron chi connectivity index (χ0n) is 12.0. The van der Waals surface area contributed by atoms with Crippen LogP contribution in [-0.4, -0.2) is 11.7 Å². The normalized spacial score (nSPS) is 11.6. The molecule has 0 atom stereocenters. The number of rotatable bonds is 3. The summed E-state index contributed by atoms with van der Waals surface area (Å²) in [5.41, 5.74) is 5.19. The third-order valence-corrected chi connectivity index (χ3v) is 3.44. The van der Waals surface area contributed by atoms with Crippen molar-refractivity contribution in [1.82, 2.24) is 0 Å². The lowest BCUT2D eigenvalue weighted by molar-refractivity contribution is 0.299. The van der Waals surface area contributed by atoms with Crippen LogP contribution in [0.1, 0.15) is 31.9 Å². The van der Waals surface area contributed by atoms with E-state index in [9.17, 15) is 0 Å². The van der Waals surface area contributed by atoms with E-state index in [1.165, 1.54) is 22.3 Å². The first kappa shape index (κ1) is 13.8. The summed E-state index contributed by atoms with van der Waals surface area (Å²) in [6.45, 7) is 6.89. The molecular formula is C18H22O. The largest absolute Gasteiger partial charge is 0.396 e. The van der Waals surface area contributed by atoms with Gasteiger partial charge in [0.05, 0.1) is 0 Å². The van der Waals surface area contributed by atoms with Crippen LogP contribution >= 0.6 is 0 Å². The van der Waals surface area contributed by atoms with Gasteiger partial charge < -0.3 is 5.11 Å². The molecule has 0 aliphatic rings. The van der Waals surface area contributed by atoms with Gasteiger partial charge in [0, 0.05) is 6.61 Å². The summed E-state index contributed by atoms with van der Waals surface area (Å²) in [7, 11) is 0. The molecule has 0 aromatic heterocycles. The van der Waals surface area contributed by atoms with Gasteiger partial charge in [-0.3, -0.25) is 0 Å². The molecule has 0 amide bonds. The molecule has 0 aliphatic carbocycles. The highest BCUT2D eigenvalue weighted by Crippen LogP contribution is 2.26. The molecule has 0 fully saturated rings. The van der Waals surface area contributed by atoms with Gasteiger partial charge in [-0.05, 0) is 34.1 Å². The number of hydrogen-bond acceptors (Lipinski definition) is 1. The molecule has 0 aliphatic heterocycles. The average Bonchev–Trinajstić information content (AvgIpc) is 2.39. The Kier molecular flexibility index (Phi) is 4.06. The maximum absolute atomic E-state index is 8.91. The van der Waals surface area contributed by atoms with Crippen LogP contribution in [0.3, 0.4) is 0 Å². The summed E-state index contributed by atoms with van der Waals surface area (Å²) < 4.78 is 0. The number of hydrogen-bond donors (Lipinski definition) is 1. The molecule has 19 heavy (non-hydrogen) atoms. The lowest BCUT2D eigenvalue weighted by atomic mass is 9.86. The standard InChI is InChI=1S/C18H22O/c1-18(2,3)17-10-8-16(9-11-17)15-6-4-14(5-7-15)12-13-19/h4-11,19H,12-13H2,1-3H3. The highest BCUT2D eigenvalue weighted by molar-refractivity contribution is 5.64. The van der Waals surface area contributed by atoms with Crippen molar-refractivity contribution in [3.8, 4) is 11.1 Å². The monoisotopic (exact) mass is 254 g/mol. The quantitative estimate of drug-likeness (QED) is 0.871. The fourth-order valence-corrected chi connectivity index (χ4v) is 2.16. The third-order valence-electron chi connectivity index (χ3n) is 3.44. The Hall–Kier alpha value is -1.60. The molecule has 2 aromatic rings. The van der Waals surface area contributed by atoms with Crippen LogP contribution in [0.2, 0.25) is 0 Å². The topological polar surface area (TPSA) is 20.2 Å². The molecule has 0 heterocycles. The Labute approximate surface area is 115 Å². The van der Waals surface area contributed by atoms with E-state index < -0.39 is 0 Å². The van der Waals surface area contributed by atoms with E-state index in [-0.39, 0.29) is 12.0 Å². The van der Waals surface area contributed by atoms with Crippen molar-refractivity contribution >= 4 is 0 Å². The Morgan fingerprint density at radius 1 is 0.789 bits per heavy atom. The molecule has 0 saturated carbocycles. The van der Waals surface area contributed by atoms with E-state index in [1.54, 1.807) is 0 Å². The SMILES string of the molecule is CC(C)(C)c1ccc(-c2ccc(CCO)cc2)cc1. The first-order valence-corrected chi connectivity index (χ1v) is 6.81. The predicted octanol–water partition coefficient (Wildman–Crippen LogP) is 4.19. The van der Waals surface area contributed by atoms with Gasteiger partial charge in [0.1, 0.15) is 0 Å². The lowest BCUT2D eigenvalue weighted by Crippen LogP contribution is -2.10. The van der Waals surface area contributed by atoms with Crippen molar-refractivity contribution < 1.29 is 5.11 Å². The average molecular weight is 254 g/mol. The molecule has 1 nitrogen and oxygen atoms in total. The molecule has 0 unspecified atom stereocenters. The molecular weight excluding hydrogens is 232 g/mol. The van der Waals surface area contributed by atoms with E-state index in [0.717, 1.165) is 6.42 Å². The second-order valence-electron chi connectivity index (χ2n) is 6.00. The number of aliphatic hydroxyl groups excluding tert-OH is 1. The van der Waals surface area contributed by atoms with Crippen LogP contribution in [0.15, 0.2) is 48.5 Å². The first-order valence-electron chi connectivity index (χ1n) is 6.81. The molecule has 0 saturated heterocycles. The van der Waals surface area contributed by atoms with E-state index in [0.29, 0.717) is 0 Å². The van der Waals surface area contributed by atoms with Crippen molar-refractivity contribution in [2.75, 3.05) is 6.61 Å². The van der Waals surface area contributed by atoms with E-state index in [2.05, 4.69) is 69.3 Å². The van der Waals surface area contributed by atoms with Gasteiger partial charge in [0.2, 0.25) is 0 Å². The Bertz CT molecular complexity index is 515. The summed E-state index contributed by atoms with van der Waals surface area (Å²) >= 11 is 0. The number of aliphatic hydroxyl groups is 1. The lowest BCUT2D eigenvalue weighted by Gasteiger charge is -2.19. The molecule has 2 aromatic carbocycles. The maximum Gasteiger partial charge on any atom is 0.0471 e. The first-order chi connectivity index (χ1) is 9.00. The summed E-state index contributed by atoms with van der Waals surface area (Å²) in [6, 6.07) is 17.2. The maximum atomic E-state index is 8.91. The van der Waals surface area contributed by atoms with Gasteiger partial charge in [-0.2, -0.15) is 0 Å². The molecule has 0 radical (unpaired) electrons. The smallest absolute Gasteiger partial charge is 0.0471 e. The minimum absolute atomic E-state index is 0.198. The summed E-state index contributed by atoms with van der Waals surface area (Å²) in [5, 5.41) is 8.91. The molecule has 1 N–H and O–H groups in total. The van der Waals surface area contributed by atoms with Crippen LogP contribution in [0.5, 0.6) is 0 Å².